The van der Waals surface area contributed by atoms with Gasteiger partial charge in [-0.3, -0.25) is 9.10 Å². The van der Waals surface area contributed by atoms with E-state index in [-0.39, 0.29) is 6.61 Å². The summed E-state index contributed by atoms with van der Waals surface area (Å²) in [5, 5.41) is 3.09. The Kier molecular flexibility index (Phi) is 7.26. The van der Waals surface area contributed by atoms with Crippen LogP contribution in [-0.2, 0) is 19.6 Å². The second-order valence-electron chi connectivity index (χ2n) is 6.45. The first kappa shape index (κ1) is 22.7. The molecule has 0 saturated carbocycles. The maximum Gasteiger partial charge on any atom is 0.338 e. The fourth-order valence-corrected chi connectivity index (χ4v) is 3.79. The highest BCUT2D eigenvalue weighted by Crippen LogP contribution is 2.28. The average molecular weight is 439 g/mol. The van der Waals surface area contributed by atoms with E-state index < -0.39 is 28.4 Å². The van der Waals surface area contributed by atoms with E-state index in [0.29, 0.717) is 33.1 Å². The van der Waals surface area contributed by atoms with Gasteiger partial charge < -0.3 is 10.1 Å². The topological polar surface area (TPSA) is 92.8 Å². The number of carbonyl (C=O) groups is 2. The van der Waals surface area contributed by atoms with Crippen LogP contribution in [0.4, 0.5) is 11.4 Å². The lowest BCUT2D eigenvalue weighted by atomic mass is 10.1. The Labute approximate surface area is 175 Å². The van der Waals surface area contributed by atoms with Gasteiger partial charge in [0.1, 0.15) is 6.54 Å². The van der Waals surface area contributed by atoms with Crippen molar-refractivity contribution in [3.8, 4) is 0 Å². The first-order valence-corrected chi connectivity index (χ1v) is 11.1. The number of hydrogen-bond acceptors (Lipinski definition) is 5. The number of nitrogens with one attached hydrogen (secondary N) is 1. The monoisotopic (exact) mass is 438 g/mol. The molecule has 2 rings (SSSR count). The third kappa shape index (κ3) is 5.71. The van der Waals surface area contributed by atoms with E-state index in [1.165, 1.54) is 6.07 Å². The maximum absolute atomic E-state index is 12.6. The van der Waals surface area contributed by atoms with Gasteiger partial charge in [-0.05, 0) is 62.2 Å². The number of benzene rings is 2. The molecule has 1 amide bonds. The molecule has 2 aromatic rings. The van der Waals surface area contributed by atoms with Crippen LogP contribution in [0.2, 0.25) is 5.02 Å². The Morgan fingerprint density at radius 2 is 1.86 bits per heavy atom. The number of ether oxygens (including phenoxy) is 1. The van der Waals surface area contributed by atoms with Gasteiger partial charge in [-0.25, -0.2) is 13.2 Å². The summed E-state index contributed by atoms with van der Waals surface area (Å²) in [7, 11) is -3.73. The molecule has 0 radical (unpaired) electrons. The molecule has 29 heavy (non-hydrogen) atoms. The van der Waals surface area contributed by atoms with Crippen LogP contribution in [-0.4, -0.2) is 39.7 Å². The molecule has 0 heterocycles. The van der Waals surface area contributed by atoms with Crippen molar-refractivity contribution >= 4 is 44.9 Å². The first-order chi connectivity index (χ1) is 13.5. The van der Waals surface area contributed by atoms with Gasteiger partial charge in [0.15, 0.2) is 0 Å². The molecular weight excluding hydrogens is 416 g/mol. The van der Waals surface area contributed by atoms with E-state index in [0.717, 1.165) is 10.6 Å². The number of rotatable bonds is 7. The first-order valence-electron chi connectivity index (χ1n) is 8.85. The maximum atomic E-state index is 12.6. The summed E-state index contributed by atoms with van der Waals surface area (Å²) >= 11 is 6.10. The van der Waals surface area contributed by atoms with Gasteiger partial charge in [0, 0.05) is 10.7 Å². The molecule has 7 nitrogen and oxygen atoms in total. The summed E-state index contributed by atoms with van der Waals surface area (Å²) in [6.07, 6.45) is 1.03. The number of hydrogen-bond donors (Lipinski definition) is 1. The number of nitrogens with zero attached hydrogens (tertiary/aromatic N) is 1. The van der Waals surface area contributed by atoms with Gasteiger partial charge >= 0.3 is 5.97 Å². The number of amides is 1. The minimum atomic E-state index is -3.73. The highest BCUT2D eigenvalue weighted by atomic mass is 35.5. The molecular formula is C20H23ClN2O5S. The molecule has 0 bridgehead atoms. The zero-order chi connectivity index (χ0) is 21.8. The Bertz CT molecular complexity index is 1040. The van der Waals surface area contributed by atoms with Crippen LogP contribution in [0, 0.1) is 13.8 Å². The molecule has 0 aliphatic carbocycles. The SMILES string of the molecule is CCOC(=O)c1ccc(NC(=O)CN(c2cccc(Cl)c2C)S(C)(=O)=O)c(C)c1. The largest absolute Gasteiger partial charge is 0.462 e. The van der Waals surface area contributed by atoms with E-state index in [9.17, 15) is 18.0 Å². The van der Waals surface area contributed by atoms with Crippen LogP contribution in [0.5, 0.6) is 0 Å². The second-order valence-corrected chi connectivity index (χ2v) is 8.77. The molecule has 0 atom stereocenters. The third-order valence-corrected chi connectivity index (χ3v) is 5.74. The zero-order valence-corrected chi connectivity index (χ0v) is 18.2. The number of carbonyl (C=O) groups excluding carboxylic acids is 2. The molecule has 0 unspecified atom stereocenters. The molecule has 0 saturated heterocycles. The van der Waals surface area contributed by atoms with Crippen LogP contribution in [0.1, 0.15) is 28.4 Å². The highest BCUT2D eigenvalue weighted by molar-refractivity contribution is 7.92. The summed E-state index contributed by atoms with van der Waals surface area (Å²) in [6.45, 7) is 4.98. The van der Waals surface area contributed by atoms with Gasteiger partial charge in [-0.15, -0.1) is 0 Å². The van der Waals surface area contributed by atoms with Crippen molar-refractivity contribution in [1.29, 1.82) is 0 Å². The lowest BCUT2D eigenvalue weighted by Crippen LogP contribution is -2.38. The predicted molar refractivity (Wildman–Crippen MR) is 114 cm³/mol. The third-order valence-electron chi connectivity index (χ3n) is 4.21. The van der Waals surface area contributed by atoms with Crippen molar-refractivity contribution in [2.75, 3.05) is 29.0 Å². The van der Waals surface area contributed by atoms with Gasteiger partial charge in [0.25, 0.3) is 0 Å². The zero-order valence-electron chi connectivity index (χ0n) is 16.7. The molecule has 1 N–H and O–H groups in total. The molecule has 0 fully saturated rings. The lowest BCUT2D eigenvalue weighted by molar-refractivity contribution is -0.114. The molecule has 2 aromatic carbocycles. The van der Waals surface area contributed by atoms with E-state index in [2.05, 4.69) is 5.32 Å². The minimum absolute atomic E-state index is 0.264. The fourth-order valence-electron chi connectivity index (χ4n) is 2.71. The summed E-state index contributed by atoms with van der Waals surface area (Å²) in [6, 6.07) is 9.58. The molecule has 0 spiro atoms. The highest BCUT2D eigenvalue weighted by Gasteiger charge is 2.23. The number of sulfonamides is 1. The van der Waals surface area contributed by atoms with Crippen molar-refractivity contribution in [1.82, 2.24) is 0 Å². The Hall–Kier alpha value is -2.58. The number of aryl methyl sites for hydroxylation is 1. The molecule has 0 aliphatic heterocycles. The standard InChI is InChI=1S/C20H23ClN2O5S/c1-5-28-20(25)15-9-10-17(13(2)11-15)22-19(24)12-23(29(4,26)27)18-8-6-7-16(21)14(18)3/h6-11H,5,12H2,1-4H3,(H,22,24). The summed E-state index contributed by atoms with van der Waals surface area (Å²) in [5.74, 6) is -0.977. The summed E-state index contributed by atoms with van der Waals surface area (Å²) in [4.78, 5) is 24.4. The molecule has 0 aliphatic rings. The van der Waals surface area contributed by atoms with E-state index in [1.54, 1.807) is 51.1 Å². The van der Waals surface area contributed by atoms with E-state index in [1.807, 2.05) is 0 Å². The summed E-state index contributed by atoms with van der Waals surface area (Å²) < 4.78 is 30.5. The Balaban J connectivity index is 2.23. The average Bonchev–Trinajstić information content (AvgIpc) is 2.63. The lowest BCUT2D eigenvalue weighted by Gasteiger charge is -2.24. The van der Waals surface area contributed by atoms with Gasteiger partial charge in [-0.2, -0.15) is 0 Å². The van der Waals surface area contributed by atoms with Gasteiger partial charge in [0.2, 0.25) is 15.9 Å². The molecule has 9 heteroatoms. The van der Waals surface area contributed by atoms with Crippen molar-refractivity contribution < 1.29 is 22.7 Å². The van der Waals surface area contributed by atoms with Gasteiger partial charge in [-0.1, -0.05) is 17.7 Å². The minimum Gasteiger partial charge on any atom is -0.462 e. The number of esters is 1. The Morgan fingerprint density at radius 3 is 2.45 bits per heavy atom. The van der Waals surface area contributed by atoms with Crippen molar-refractivity contribution in [2.45, 2.75) is 20.8 Å². The van der Waals surface area contributed by atoms with Crippen molar-refractivity contribution in [2.24, 2.45) is 0 Å². The normalized spacial score (nSPS) is 11.1. The Morgan fingerprint density at radius 1 is 1.17 bits per heavy atom. The second kappa shape index (κ2) is 9.28. The van der Waals surface area contributed by atoms with Crippen LogP contribution in [0.15, 0.2) is 36.4 Å². The quantitative estimate of drug-likeness (QED) is 0.667. The number of halogens is 1. The van der Waals surface area contributed by atoms with E-state index >= 15 is 0 Å². The fraction of sp³-hybridized carbons (Fsp3) is 0.300. The smallest absolute Gasteiger partial charge is 0.338 e. The summed E-state index contributed by atoms with van der Waals surface area (Å²) in [5.41, 5.74) is 2.38. The molecule has 156 valence electrons. The van der Waals surface area contributed by atoms with Gasteiger partial charge in [0.05, 0.1) is 24.1 Å². The van der Waals surface area contributed by atoms with Crippen LogP contribution in [0.3, 0.4) is 0 Å². The van der Waals surface area contributed by atoms with Crippen LogP contribution >= 0.6 is 11.6 Å². The number of anilines is 2. The van der Waals surface area contributed by atoms with E-state index in [4.69, 9.17) is 16.3 Å². The van der Waals surface area contributed by atoms with Crippen LogP contribution in [0.25, 0.3) is 0 Å². The molecule has 0 aromatic heterocycles. The van der Waals surface area contributed by atoms with Crippen LogP contribution < -0.4 is 9.62 Å². The predicted octanol–water partition coefficient (Wildman–Crippen LogP) is 3.54. The van der Waals surface area contributed by atoms with Crippen molar-refractivity contribution in [3.05, 3.63) is 58.1 Å². The van der Waals surface area contributed by atoms with Crippen molar-refractivity contribution in [3.63, 3.8) is 0 Å².